The van der Waals surface area contributed by atoms with Gasteiger partial charge in [0.15, 0.2) is 0 Å². The van der Waals surface area contributed by atoms with Crippen molar-refractivity contribution in [3.63, 3.8) is 0 Å². The molecular weight excluding hydrogens is 286 g/mol. The van der Waals surface area contributed by atoms with Crippen LogP contribution in [0.4, 0.5) is 5.95 Å². The van der Waals surface area contributed by atoms with Crippen LogP contribution < -0.4 is 11.5 Å². The molecule has 20 heavy (non-hydrogen) atoms. The van der Waals surface area contributed by atoms with E-state index >= 15 is 0 Å². The van der Waals surface area contributed by atoms with Gasteiger partial charge >= 0.3 is 10.2 Å². The summed E-state index contributed by atoms with van der Waals surface area (Å²) in [5.41, 5.74) is 11.6. The molecule has 2 rings (SSSR count). The van der Waals surface area contributed by atoms with Crippen LogP contribution in [0.5, 0.6) is 0 Å². The fourth-order valence-corrected chi connectivity index (χ4v) is 2.64. The molecule has 1 amide bonds. The van der Waals surface area contributed by atoms with Crippen molar-refractivity contribution < 1.29 is 18.7 Å². The Hall–Kier alpha value is -2.17. The fraction of sp³-hybridized carbons (Fsp3) is 0.200. The van der Waals surface area contributed by atoms with Crippen molar-refractivity contribution in [1.82, 2.24) is 13.3 Å². The second kappa shape index (κ2) is 5.07. The summed E-state index contributed by atoms with van der Waals surface area (Å²) >= 11 is 0. The minimum Gasteiger partial charge on any atom is -0.412 e. The van der Waals surface area contributed by atoms with Gasteiger partial charge in [-0.05, 0) is 18.2 Å². The number of carbonyl (C=O) groups is 1. The van der Waals surface area contributed by atoms with Gasteiger partial charge in [-0.3, -0.25) is 4.79 Å². The first-order valence-electron chi connectivity index (χ1n) is 5.26. The number of primary amides is 1. The van der Waals surface area contributed by atoms with Crippen molar-refractivity contribution in [2.24, 2.45) is 5.73 Å². The highest BCUT2D eigenvalue weighted by Gasteiger charge is 2.23. The van der Waals surface area contributed by atoms with E-state index in [4.69, 9.17) is 11.5 Å². The molecule has 0 atom stereocenters. The zero-order valence-electron chi connectivity index (χ0n) is 10.9. The van der Waals surface area contributed by atoms with Gasteiger partial charge in [0, 0.05) is 19.7 Å². The molecule has 0 aliphatic carbocycles. The summed E-state index contributed by atoms with van der Waals surface area (Å²) in [6, 6.07) is 4.27. The summed E-state index contributed by atoms with van der Waals surface area (Å²) in [5, 5.41) is 0. The topological polar surface area (TPSA) is 156 Å². The molecule has 110 valence electrons. The summed E-state index contributed by atoms with van der Waals surface area (Å²) in [4.78, 5) is 15.0. The maximum absolute atomic E-state index is 12.1. The number of hydrogen-bond acceptors (Lipinski definition) is 5. The number of nitrogen functional groups attached to an aromatic ring is 1. The summed E-state index contributed by atoms with van der Waals surface area (Å²) in [7, 11) is -1.00. The third-order valence-electron chi connectivity index (χ3n) is 2.61. The first-order valence-corrected chi connectivity index (χ1v) is 6.65. The number of amides is 1. The molecular formula is C10H15N5O4S. The largest absolute Gasteiger partial charge is 0.412 e. The Balaban J connectivity index is 0.00000200. The summed E-state index contributed by atoms with van der Waals surface area (Å²) in [6.45, 7) is 0. The van der Waals surface area contributed by atoms with Crippen LogP contribution in [0, 0.1) is 0 Å². The van der Waals surface area contributed by atoms with Crippen molar-refractivity contribution in [3.8, 4) is 0 Å². The van der Waals surface area contributed by atoms with Gasteiger partial charge < -0.3 is 16.9 Å². The SMILES string of the molecule is CN(C)S(=O)(=O)n1c(N)nc2cc(C(N)=O)ccc21.O. The number of hydrogen-bond donors (Lipinski definition) is 2. The van der Waals surface area contributed by atoms with Gasteiger partial charge in [-0.2, -0.15) is 16.7 Å². The second-order valence-electron chi connectivity index (χ2n) is 4.09. The number of nitrogens with zero attached hydrogens (tertiary/aromatic N) is 3. The van der Waals surface area contributed by atoms with E-state index in [9.17, 15) is 13.2 Å². The van der Waals surface area contributed by atoms with Gasteiger partial charge in [-0.15, -0.1) is 0 Å². The van der Waals surface area contributed by atoms with Gasteiger partial charge in [-0.1, -0.05) is 0 Å². The maximum Gasteiger partial charge on any atom is 0.310 e. The predicted molar refractivity (Wildman–Crippen MR) is 74.3 cm³/mol. The summed E-state index contributed by atoms with van der Waals surface area (Å²) in [5.74, 6) is -0.796. The molecule has 6 N–H and O–H groups in total. The number of imidazole rings is 1. The third-order valence-corrected chi connectivity index (χ3v) is 4.38. The van der Waals surface area contributed by atoms with Crippen molar-refractivity contribution >= 4 is 33.1 Å². The molecule has 0 bridgehead atoms. The minimum absolute atomic E-state index is 0. The fourth-order valence-electron chi connectivity index (χ4n) is 1.64. The molecule has 0 spiro atoms. The normalized spacial score (nSPS) is 11.6. The molecule has 1 aromatic heterocycles. The Morgan fingerprint density at radius 1 is 1.35 bits per heavy atom. The number of carbonyl (C=O) groups excluding carboxylic acids is 1. The molecule has 0 radical (unpaired) electrons. The monoisotopic (exact) mass is 301 g/mol. The molecule has 0 fully saturated rings. The Bertz CT molecular complexity index is 765. The van der Waals surface area contributed by atoms with E-state index in [1.54, 1.807) is 0 Å². The van der Waals surface area contributed by atoms with E-state index in [0.717, 1.165) is 8.28 Å². The maximum atomic E-state index is 12.1. The van der Waals surface area contributed by atoms with E-state index in [2.05, 4.69) is 4.98 Å². The lowest BCUT2D eigenvalue weighted by molar-refractivity contribution is 0.100. The van der Waals surface area contributed by atoms with Crippen LogP contribution in [0.15, 0.2) is 18.2 Å². The van der Waals surface area contributed by atoms with Gasteiger partial charge in [0.2, 0.25) is 11.9 Å². The van der Waals surface area contributed by atoms with E-state index in [1.165, 1.54) is 32.3 Å². The lowest BCUT2D eigenvalue weighted by Gasteiger charge is -2.13. The lowest BCUT2D eigenvalue weighted by Crippen LogP contribution is -2.29. The molecule has 1 aromatic carbocycles. The van der Waals surface area contributed by atoms with E-state index in [0.29, 0.717) is 5.52 Å². The smallest absolute Gasteiger partial charge is 0.310 e. The van der Waals surface area contributed by atoms with Crippen molar-refractivity contribution in [1.29, 1.82) is 0 Å². The first kappa shape index (κ1) is 15.9. The molecule has 10 heteroatoms. The average molecular weight is 301 g/mol. The number of nitrogens with two attached hydrogens (primary N) is 2. The van der Waals surface area contributed by atoms with Crippen LogP contribution in [-0.4, -0.2) is 47.2 Å². The minimum atomic E-state index is -3.78. The lowest BCUT2D eigenvalue weighted by atomic mass is 10.2. The van der Waals surface area contributed by atoms with Crippen molar-refractivity contribution in [2.75, 3.05) is 19.8 Å². The van der Waals surface area contributed by atoms with Crippen LogP contribution in [-0.2, 0) is 10.2 Å². The standard InChI is InChI=1S/C10H13N5O3S.H2O/c1-14(2)19(17,18)15-8-4-3-6(9(11)16)5-7(8)13-10(15)12;/h3-5H,1-2H3,(H2,11,16)(H2,12,13);1H2. The Kier molecular flexibility index (Phi) is 4.03. The number of fused-ring (bicyclic) bond motifs is 1. The Morgan fingerprint density at radius 3 is 2.45 bits per heavy atom. The van der Waals surface area contributed by atoms with E-state index in [1.807, 2.05) is 0 Å². The highest BCUT2D eigenvalue weighted by atomic mass is 32.2. The highest BCUT2D eigenvalue weighted by Crippen LogP contribution is 2.22. The predicted octanol–water partition coefficient (Wildman–Crippen LogP) is -1.45. The van der Waals surface area contributed by atoms with Gasteiger partial charge in [0.25, 0.3) is 0 Å². The zero-order chi connectivity index (χ0) is 14.4. The molecule has 0 saturated carbocycles. The summed E-state index contributed by atoms with van der Waals surface area (Å²) in [6.07, 6.45) is 0. The molecule has 0 unspecified atom stereocenters. The Morgan fingerprint density at radius 2 is 1.95 bits per heavy atom. The van der Waals surface area contributed by atoms with Crippen LogP contribution in [0.2, 0.25) is 0 Å². The molecule has 0 aliphatic heterocycles. The third kappa shape index (κ3) is 2.31. The van der Waals surface area contributed by atoms with Crippen LogP contribution in [0.1, 0.15) is 10.4 Å². The van der Waals surface area contributed by atoms with Crippen molar-refractivity contribution in [3.05, 3.63) is 23.8 Å². The second-order valence-corrected chi connectivity index (χ2v) is 6.08. The van der Waals surface area contributed by atoms with Crippen molar-refractivity contribution in [2.45, 2.75) is 0 Å². The van der Waals surface area contributed by atoms with E-state index < -0.39 is 16.1 Å². The number of anilines is 1. The molecule has 0 aliphatic rings. The molecule has 0 saturated heterocycles. The number of benzene rings is 1. The van der Waals surface area contributed by atoms with Gasteiger partial charge in [0.1, 0.15) is 0 Å². The van der Waals surface area contributed by atoms with Crippen LogP contribution >= 0.6 is 0 Å². The van der Waals surface area contributed by atoms with Gasteiger partial charge in [0.05, 0.1) is 11.0 Å². The molecule has 9 nitrogen and oxygen atoms in total. The first-order chi connectivity index (χ1) is 8.75. The number of aromatic nitrogens is 2. The molecule has 2 aromatic rings. The highest BCUT2D eigenvalue weighted by molar-refractivity contribution is 7.87. The van der Waals surface area contributed by atoms with Gasteiger partial charge in [-0.25, -0.2) is 4.98 Å². The average Bonchev–Trinajstić information content (AvgIpc) is 2.63. The number of rotatable bonds is 3. The quantitative estimate of drug-likeness (QED) is 0.709. The molecule has 1 heterocycles. The zero-order valence-corrected chi connectivity index (χ0v) is 11.7. The Labute approximate surface area is 115 Å². The summed E-state index contributed by atoms with van der Waals surface area (Å²) < 4.78 is 26.2. The van der Waals surface area contributed by atoms with Crippen LogP contribution in [0.3, 0.4) is 0 Å². The van der Waals surface area contributed by atoms with Crippen LogP contribution in [0.25, 0.3) is 11.0 Å². The van der Waals surface area contributed by atoms with E-state index in [-0.39, 0.29) is 22.5 Å².